The Hall–Kier alpha value is -5.22. The third kappa shape index (κ3) is 12.9. The molecule has 6 unspecified atom stereocenters. The molecule has 2 aromatic rings. The van der Waals surface area contributed by atoms with Crippen LogP contribution in [-0.2, 0) is 43.0 Å². The first kappa shape index (κ1) is 50.4. The van der Waals surface area contributed by atoms with Crippen molar-refractivity contribution in [3.8, 4) is 0 Å². The van der Waals surface area contributed by atoms with Gasteiger partial charge < -0.3 is 35.2 Å². The van der Waals surface area contributed by atoms with Crippen LogP contribution < -0.4 is 16.0 Å². The van der Waals surface area contributed by atoms with Crippen molar-refractivity contribution in [2.75, 3.05) is 39.7 Å². The van der Waals surface area contributed by atoms with Gasteiger partial charge in [-0.15, -0.1) is 0 Å². The summed E-state index contributed by atoms with van der Waals surface area (Å²) in [4.78, 5) is 101. The van der Waals surface area contributed by atoms with E-state index in [1.54, 1.807) is 50.9 Å². The highest BCUT2D eigenvalue weighted by molar-refractivity contribution is 6.12. The van der Waals surface area contributed by atoms with Crippen LogP contribution in [0.2, 0.25) is 0 Å². The van der Waals surface area contributed by atoms with Crippen molar-refractivity contribution < 1.29 is 43.0 Å². The zero-order chi connectivity index (χ0) is 46.6. The molecule has 0 spiro atoms. The number of methoxy groups -OCH3 is 2. The highest BCUT2D eigenvalue weighted by atomic mass is 16.5. The van der Waals surface area contributed by atoms with Gasteiger partial charge in [-0.2, -0.15) is 0 Å². The van der Waals surface area contributed by atoms with Gasteiger partial charge in [-0.1, -0.05) is 53.5 Å². The number of anilines is 1. The Balaban J connectivity index is 1.38. The van der Waals surface area contributed by atoms with E-state index < -0.39 is 41.7 Å². The van der Waals surface area contributed by atoms with Crippen molar-refractivity contribution >= 4 is 57.9 Å². The second-order valence-corrected chi connectivity index (χ2v) is 17.8. The topological polar surface area (TPSA) is 197 Å². The van der Waals surface area contributed by atoms with Crippen LogP contribution in [-0.4, -0.2) is 131 Å². The fourth-order valence-corrected chi connectivity index (χ4v) is 8.62. The molecule has 16 nitrogen and oxygen atoms in total. The highest BCUT2D eigenvalue weighted by Gasteiger charge is 2.43. The Labute approximate surface area is 372 Å². The van der Waals surface area contributed by atoms with Gasteiger partial charge in [-0.05, 0) is 75.6 Å². The molecule has 7 amide bonds. The van der Waals surface area contributed by atoms with Gasteiger partial charge in [0.25, 0.3) is 11.8 Å². The average molecular weight is 876 g/mol. The van der Waals surface area contributed by atoms with Gasteiger partial charge >= 0.3 is 0 Å². The van der Waals surface area contributed by atoms with Crippen LogP contribution in [0.5, 0.6) is 0 Å². The Morgan fingerprint density at radius 1 is 0.968 bits per heavy atom. The van der Waals surface area contributed by atoms with Crippen LogP contribution in [0.1, 0.15) is 99.8 Å². The lowest BCUT2D eigenvalue weighted by molar-refractivity contribution is -0.147. The van der Waals surface area contributed by atoms with Gasteiger partial charge in [0.15, 0.2) is 0 Å². The fraction of sp³-hybridized carbons (Fsp3) is 0.617. The van der Waals surface area contributed by atoms with Crippen LogP contribution >= 0.6 is 0 Å². The normalized spacial score (nSPS) is 18.2. The van der Waals surface area contributed by atoms with Gasteiger partial charge in [0.2, 0.25) is 29.5 Å². The molecule has 1 aromatic carbocycles. The number of ether oxygens (including phenoxy) is 2. The first-order valence-corrected chi connectivity index (χ1v) is 22.3. The number of likely N-dealkylation sites (tertiary alicyclic amines) is 1. The van der Waals surface area contributed by atoms with Crippen LogP contribution in [0.4, 0.5) is 5.69 Å². The smallest absolute Gasteiger partial charge is 0.253 e. The SMILES string of the molecule is CCC(C)C(C(CC(=O)N1CCC[C@H]1C(OC)C(C)C(=O)Nc1ccc2ncccc2c1)OC)N(C)C(=O)C(NC(=O)C(C)(C)NC(=O)CCCCCN1C(=O)C=CC1=O)C(C)C. The minimum atomic E-state index is -1.35. The minimum Gasteiger partial charge on any atom is -0.379 e. The van der Waals surface area contributed by atoms with Crippen molar-refractivity contribution in [3.63, 3.8) is 0 Å². The van der Waals surface area contributed by atoms with Gasteiger partial charge in [0, 0.05) is 70.2 Å². The molecule has 16 heteroatoms. The molecule has 0 bridgehead atoms. The fourth-order valence-electron chi connectivity index (χ4n) is 8.62. The molecule has 0 aliphatic carbocycles. The molecule has 346 valence electrons. The lowest BCUT2D eigenvalue weighted by Gasteiger charge is -2.41. The van der Waals surface area contributed by atoms with Crippen LogP contribution in [0.15, 0.2) is 48.7 Å². The van der Waals surface area contributed by atoms with E-state index in [0.29, 0.717) is 44.3 Å². The van der Waals surface area contributed by atoms with Crippen LogP contribution in [0.25, 0.3) is 10.9 Å². The largest absolute Gasteiger partial charge is 0.379 e. The monoisotopic (exact) mass is 876 g/mol. The number of nitrogens with zero attached hydrogens (tertiary/aromatic N) is 4. The summed E-state index contributed by atoms with van der Waals surface area (Å²) in [5, 5.41) is 9.59. The van der Waals surface area contributed by atoms with Gasteiger partial charge in [0.1, 0.15) is 11.6 Å². The molecule has 4 rings (SSSR count). The maximum Gasteiger partial charge on any atom is 0.253 e. The Bertz CT molecular complexity index is 1970. The number of rotatable bonds is 23. The molecule has 2 aliphatic heterocycles. The van der Waals surface area contributed by atoms with Gasteiger partial charge in [-0.25, -0.2) is 0 Å². The summed E-state index contributed by atoms with van der Waals surface area (Å²) in [6, 6.07) is 7.46. The zero-order valence-corrected chi connectivity index (χ0v) is 38.8. The lowest BCUT2D eigenvalue weighted by Crippen LogP contribution is -2.62. The van der Waals surface area contributed by atoms with E-state index in [4.69, 9.17) is 9.47 Å². The number of likely N-dealkylation sites (N-methyl/N-ethyl adjacent to an activating group) is 1. The standard InChI is InChI=1S/C47H69N7O9/c1-11-30(4)42(52(8)45(60)41(29(2)3)50-46(61)47(6,7)51-37(55)19-13-12-14-25-54-38(56)22-23-39(54)57)36(62-9)28-40(58)53-26-16-18-35(53)43(63-10)31(5)44(59)49-33-20-21-34-32(27-33)17-15-24-48-34/h15,17,20-24,27,29-31,35-36,41-43H,11-14,16,18-19,25-26,28H2,1-10H3,(H,49,59)(H,50,61)(H,51,55)/t30?,31?,35-,36?,41?,42?,43?/m0/s1. The third-order valence-electron chi connectivity index (χ3n) is 12.6. The summed E-state index contributed by atoms with van der Waals surface area (Å²) in [7, 11) is 4.75. The molecule has 1 fully saturated rings. The number of fused-ring (bicyclic) bond motifs is 1. The maximum absolute atomic E-state index is 14.4. The van der Waals surface area contributed by atoms with Crippen LogP contribution in [0, 0.1) is 17.8 Å². The summed E-state index contributed by atoms with van der Waals surface area (Å²) < 4.78 is 12.0. The van der Waals surface area contributed by atoms with Gasteiger partial charge in [-0.3, -0.25) is 43.4 Å². The number of imide groups is 1. The molecule has 2 aliphatic rings. The van der Waals surface area contributed by atoms with Crippen molar-refractivity contribution in [3.05, 3.63) is 48.7 Å². The number of carbonyl (C=O) groups excluding carboxylic acids is 7. The number of amides is 7. The number of hydrogen-bond donors (Lipinski definition) is 3. The molecular formula is C47H69N7O9. The van der Waals surface area contributed by atoms with Crippen molar-refractivity contribution in [1.29, 1.82) is 0 Å². The molecule has 63 heavy (non-hydrogen) atoms. The Morgan fingerprint density at radius 3 is 2.30 bits per heavy atom. The van der Waals surface area contributed by atoms with Crippen molar-refractivity contribution in [1.82, 2.24) is 30.3 Å². The number of unbranched alkanes of at least 4 members (excludes halogenated alkanes) is 2. The second kappa shape index (κ2) is 22.9. The molecule has 3 heterocycles. The second-order valence-electron chi connectivity index (χ2n) is 17.8. The zero-order valence-electron chi connectivity index (χ0n) is 38.8. The van der Waals surface area contributed by atoms with E-state index in [1.807, 2.05) is 58.0 Å². The van der Waals surface area contributed by atoms with E-state index in [-0.39, 0.29) is 72.7 Å². The molecule has 0 radical (unpaired) electrons. The summed E-state index contributed by atoms with van der Waals surface area (Å²) in [5.74, 6) is -3.32. The first-order valence-electron chi connectivity index (χ1n) is 22.3. The summed E-state index contributed by atoms with van der Waals surface area (Å²) >= 11 is 0. The molecule has 0 saturated carbocycles. The average Bonchev–Trinajstić information content (AvgIpc) is 3.87. The summed E-state index contributed by atoms with van der Waals surface area (Å²) in [6.45, 7) is 13.4. The number of pyridine rings is 1. The minimum absolute atomic E-state index is 0.0226. The molecule has 1 saturated heterocycles. The third-order valence-corrected chi connectivity index (χ3v) is 12.6. The van der Waals surface area contributed by atoms with Crippen LogP contribution in [0.3, 0.4) is 0 Å². The Morgan fingerprint density at radius 2 is 1.67 bits per heavy atom. The number of aromatic nitrogens is 1. The summed E-state index contributed by atoms with van der Waals surface area (Å²) in [6.07, 6.45) is 6.77. The lowest BCUT2D eigenvalue weighted by atomic mass is 9.89. The molecule has 3 N–H and O–H groups in total. The quantitative estimate of drug-likeness (QED) is 0.105. The van der Waals surface area contributed by atoms with Crippen molar-refractivity contribution in [2.24, 2.45) is 17.8 Å². The number of benzene rings is 1. The van der Waals surface area contributed by atoms with E-state index in [9.17, 15) is 33.6 Å². The predicted molar refractivity (Wildman–Crippen MR) is 240 cm³/mol. The predicted octanol–water partition coefficient (Wildman–Crippen LogP) is 4.61. The van der Waals surface area contributed by atoms with E-state index in [2.05, 4.69) is 20.9 Å². The molecule has 7 atom stereocenters. The number of nitrogens with one attached hydrogen (secondary N) is 3. The molecular weight excluding hydrogens is 807 g/mol. The van der Waals surface area contributed by atoms with E-state index in [1.165, 1.54) is 19.3 Å². The van der Waals surface area contributed by atoms with E-state index in [0.717, 1.165) is 22.2 Å². The van der Waals surface area contributed by atoms with Gasteiger partial charge in [0.05, 0.1) is 42.1 Å². The summed E-state index contributed by atoms with van der Waals surface area (Å²) in [5.41, 5.74) is 0.112. The molecule has 1 aromatic heterocycles. The Kier molecular flexibility index (Phi) is 18.4. The first-order chi connectivity index (χ1) is 29.8. The number of hydrogen-bond acceptors (Lipinski definition) is 10. The van der Waals surface area contributed by atoms with E-state index >= 15 is 0 Å². The number of carbonyl (C=O) groups is 7. The van der Waals surface area contributed by atoms with Crippen molar-refractivity contribution in [2.45, 2.75) is 136 Å². The highest BCUT2D eigenvalue weighted by Crippen LogP contribution is 2.30. The maximum atomic E-state index is 14.4.